The van der Waals surface area contributed by atoms with Gasteiger partial charge >= 0.3 is 0 Å². The van der Waals surface area contributed by atoms with E-state index < -0.39 is 0 Å². The molecule has 0 saturated heterocycles. The summed E-state index contributed by atoms with van der Waals surface area (Å²) < 4.78 is 0. The second-order valence-electron chi connectivity index (χ2n) is 2.46. The summed E-state index contributed by atoms with van der Waals surface area (Å²) in [5.41, 5.74) is 0. The summed E-state index contributed by atoms with van der Waals surface area (Å²) in [4.78, 5) is 20.5. The summed E-state index contributed by atoms with van der Waals surface area (Å²) >= 11 is 3.17. The summed E-state index contributed by atoms with van der Waals surface area (Å²) in [6.07, 6.45) is 2.51. The Morgan fingerprint density at radius 2 is 1.93 bits per heavy atom. The van der Waals surface area contributed by atoms with Gasteiger partial charge < -0.3 is 0 Å². The zero-order chi connectivity index (χ0) is 10.6. The number of Topliss-reactive ketones (excluding diaryl/α,β-unsaturated/α-hetero) is 1. The largest absolute Gasteiger partial charge is 0.295 e. The van der Waals surface area contributed by atoms with Crippen LogP contribution in [0.25, 0.3) is 0 Å². The van der Waals surface area contributed by atoms with Gasteiger partial charge in [0.25, 0.3) is 0 Å². The number of halogens is 1. The highest BCUT2D eigenvalue weighted by atomic mass is 79.9. The first-order valence-electron chi connectivity index (χ1n) is 4.26. The molecule has 0 aliphatic rings. The molecule has 0 aliphatic heterocycles. The van der Waals surface area contributed by atoms with Crippen molar-refractivity contribution >= 4 is 28.0 Å². The fourth-order valence-electron chi connectivity index (χ4n) is 0.715. The van der Waals surface area contributed by atoms with E-state index in [1.807, 2.05) is 0 Å². The van der Waals surface area contributed by atoms with Crippen molar-refractivity contribution in [2.75, 3.05) is 5.33 Å². The molecule has 14 heavy (non-hydrogen) atoms. The highest BCUT2D eigenvalue weighted by molar-refractivity contribution is 9.09. The lowest BCUT2D eigenvalue weighted by atomic mass is 10.2. The molecule has 0 saturated carbocycles. The highest BCUT2D eigenvalue weighted by Crippen LogP contribution is 1.93. The van der Waals surface area contributed by atoms with Crippen molar-refractivity contribution in [2.24, 2.45) is 0 Å². The molecule has 0 amide bonds. The molecule has 0 fully saturated rings. The summed E-state index contributed by atoms with van der Waals surface area (Å²) in [7, 11) is 0. The summed E-state index contributed by atoms with van der Waals surface area (Å²) in [6, 6.07) is 0. The molecule has 0 heterocycles. The molecule has 0 radical (unpaired) electrons. The number of aldehydes is 1. The number of alkyl halides is 1. The Balaban J connectivity index is 3.43. The molecule has 0 aromatic rings. The van der Waals surface area contributed by atoms with Crippen LogP contribution in [-0.4, -0.2) is 17.4 Å². The molecule has 3 heteroatoms. The van der Waals surface area contributed by atoms with Gasteiger partial charge in [-0.05, 0) is 6.42 Å². The van der Waals surface area contributed by atoms with E-state index in [9.17, 15) is 9.59 Å². The molecule has 2 nitrogen and oxygen atoms in total. The Bertz CT molecular complexity index is 299. The van der Waals surface area contributed by atoms with E-state index in [1.165, 1.54) is 0 Å². The lowest BCUT2D eigenvalue weighted by molar-refractivity contribution is -0.129. The van der Waals surface area contributed by atoms with Crippen LogP contribution in [0.2, 0.25) is 0 Å². The van der Waals surface area contributed by atoms with Crippen molar-refractivity contribution in [2.45, 2.75) is 25.7 Å². The average Bonchev–Trinajstić information content (AvgIpc) is 2.21. The van der Waals surface area contributed by atoms with Crippen molar-refractivity contribution in [1.29, 1.82) is 0 Å². The minimum atomic E-state index is -0.356. The molecule has 0 aromatic heterocycles. The minimum Gasteiger partial charge on any atom is -0.295 e. The maximum atomic E-state index is 10.5. The van der Waals surface area contributed by atoms with Crippen molar-refractivity contribution in [3.8, 4) is 23.7 Å². The third-order valence-electron chi connectivity index (χ3n) is 1.35. The molecular weight excluding hydrogens is 244 g/mol. The smallest absolute Gasteiger partial charge is 0.195 e. The van der Waals surface area contributed by atoms with Crippen LogP contribution in [0.1, 0.15) is 25.7 Å². The van der Waals surface area contributed by atoms with Gasteiger partial charge in [-0.25, -0.2) is 0 Å². The zero-order valence-corrected chi connectivity index (χ0v) is 9.39. The molecule has 0 N–H and O–H groups in total. The van der Waals surface area contributed by atoms with Crippen molar-refractivity contribution in [3.05, 3.63) is 0 Å². The number of hydrogen-bond acceptors (Lipinski definition) is 2. The number of hydrogen-bond donors (Lipinski definition) is 0. The quantitative estimate of drug-likeness (QED) is 0.252. The highest BCUT2D eigenvalue weighted by Gasteiger charge is 1.95. The summed E-state index contributed by atoms with van der Waals surface area (Å²) in [6.45, 7) is 0. The second kappa shape index (κ2) is 10.0. The Hall–Kier alpha value is -1.06. The van der Waals surface area contributed by atoms with Crippen LogP contribution >= 0.6 is 15.9 Å². The summed E-state index contributed by atoms with van der Waals surface area (Å²) in [5.74, 6) is 11.1. The lowest BCUT2D eigenvalue weighted by Gasteiger charge is -1.86. The van der Waals surface area contributed by atoms with Gasteiger partial charge in [0, 0.05) is 12.8 Å². The fourth-order valence-corrected chi connectivity index (χ4v) is 0.913. The molecular formula is C11H11BrO2. The molecule has 0 atom stereocenters. The van der Waals surface area contributed by atoms with Crippen LogP contribution in [0.5, 0.6) is 0 Å². The third-order valence-corrected chi connectivity index (χ3v) is 1.63. The van der Waals surface area contributed by atoms with Gasteiger partial charge in [-0.2, -0.15) is 0 Å². The molecule has 0 unspecified atom stereocenters. The standard InChI is InChI=1S/C11H11BrO2/c12-9-7-5-3-1-2-4-6-8-11(14)10-13/h10H,3-4,6,8-9H2. The normalized spacial score (nSPS) is 7.79. The lowest BCUT2D eigenvalue weighted by Crippen LogP contribution is -1.96. The van der Waals surface area contributed by atoms with Crippen molar-refractivity contribution in [3.63, 3.8) is 0 Å². The van der Waals surface area contributed by atoms with E-state index >= 15 is 0 Å². The van der Waals surface area contributed by atoms with E-state index in [2.05, 4.69) is 39.6 Å². The van der Waals surface area contributed by atoms with E-state index in [4.69, 9.17) is 0 Å². The predicted octanol–water partition coefficient (Wildman–Crippen LogP) is 1.72. The fraction of sp³-hybridized carbons (Fsp3) is 0.455. The van der Waals surface area contributed by atoms with Crippen LogP contribution in [0.4, 0.5) is 0 Å². The average molecular weight is 255 g/mol. The number of rotatable bonds is 4. The van der Waals surface area contributed by atoms with Gasteiger partial charge in [0.2, 0.25) is 0 Å². The Morgan fingerprint density at radius 3 is 2.57 bits per heavy atom. The van der Waals surface area contributed by atoms with Gasteiger partial charge in [-0.1, -0.05) is 33.7 Å². The third kappa shape index (κ3) is 9.03. The Labute approximate surface area is 92.6 Å². The van der Waals surface area contributed by atoms with Crippen molar-refractivity contribution in [1.82, 2.24) is 0 Å². The SMILES string of the molecule is O=CC(=O)CCCC#CCC#CCBr. The van der Waals surface area contributed by atoms with Crippen LogP contribution < -0.4 is 0 Å². The van der Waals surface area contributed by atoms with Crippen LogP contribution in [0.15, 0.2) is 0 Å². The van der Waals surface area contributed by atoms with Gasteiger partial charge in [0.1, 0.15) is 0 Å². The number of carbonyl (C=O) groups excluding carboxylic acids is 2. The Kier molecular flexibility index (Phi) is 9.26. The number of unbranched alkanes of at least 4 members (excludes halogenated alkanes) is 1. The first kappa shape index (κ1) is 12.9. The van der Waals surface area contributed by atoms with Crippen LogP contribution in [0, 0.1) is 23.7 Å². The van der Waals surface area contributed by atoms with Gasteiger partial charge in [0.15, 0.2) is 12.1 Å². The summed E-state index contributed by atoms with van der Waals surface area (Å²) in [5, 5.41) is 0.669. The maximum absolute atomic E-state index is 10.5. The second-order valence-corrected chi connectivity index (χ2v) is 3.02. The predicted molar refractivity (Wildman–Crippen MR) is 58.9 cm³/mol. The van der Waals surface area contributed by atoms with Gasteiger partial charge in [-0.3, -0.25) is 9.59 Å². The first-order chi connectivity index (χ1) is 6.81. The molecule has 0 spiro atoms. The first-order valence-corrected chi connectivity index (χ1v) is 5.38. The number of ketones is 1. The topological polar surface area (TPSA) is 34.1 Å². The molecule has 0 bridgehead atoms. The van der Waals surface area contributed by atoms with E-state index in [-0.39, 0.29) is 5.78 Å². The van der Waals surface area contributed by atoms with E-state index in [0.717, 1.165) is 0 Å². The molecule has 74 valence electrons. The Morgan fingerprint density at radius 1 is 1.21 bits per heavy atom. The van der Waals surface area contributed by atoms with Gasteiger partial charge in [-0.15, -0.1) is 5.92 Å². The molecule has 0 rings (SSSR count). The minimum absolute atomic E-state index is 0.297. The van der Waals surface area contributed by atoms with Crippen LogP contribution in [0.3, 0.4) is 0 Å². The monoisotopic (exact) mass is 254 g/mol. The van der Waals surface area contributed by atoms with Crippen LogP contribution in [-0.2, 0) is 9.59 Å². The molecule has 0 aliphatic carbocycles. The van der Waals surface area contributed by atoms with E-state index in [0.29, 0.717) is 37.3 Å². The maximum Gasteiger partial charge on any atom is 0.195 e. The van der Waals surface area contributed by atoms with Crippen molar-refractivity contribution < 1.29 is 9.59 Å². The van der Waals surface area contributed by atoms with Gasteiger partial charge in [0.05, 0.1) is 11.8 Å². The zero-order valence-electron chi connectivity index (χ0n) is 7.81. The number of carbonyl (C=O) groups is 2. The van der Waals surface area contributed by atoms with E-state index in [1.54, 1.807) is 0 Å². The molecule has 0 aromatic carbocycles.